The Morgan fingerprint density at radius 3 is 2.75 bits per heavy atom. The molecule has 0 aliphatic heterocycles. The number of hydrogen-bond donors (Lipinski definition) is 0. The number of carbonyl (C=O) groups is 3. The van der Waals surface area contributed by atoms with Crippen molar-refractivity contribution >= 4 is 17.5 Å². The molecule has 0 bridgehead atoms. The molecule has 0 aromatic carbocycles. The lowest BCUT2D eigenvalue weighted by Crippen LogP contribution is -2.45. The molecule has 4 aliphatic carbocycles. The normalized spacial score (nSPS) is 41.4. The molecule has 0 aromatic heterocycles. The fourth-order valence-corrected chi connectivity index (χ4v) is 6.84. The van der Waals surface area contributed by atoms with Crippen molar-refractivity contribution in [3.05, 3.63) is 35.5 Å². The van der Waals surface area contributed by atoms with Crippen LogP contribution in [0.4, 0.5) is 0 Å². The van der Waals surface area contributed by atoms with Crippen molar-refractivity contribution in [2.24, 2.45) is 34.5 Å². The first-order valence-electron chi connectivity index (χ1n) is 10.5. The molecule has 2 fully saturated rings. The average Bonchev–Trinajstić information content (AvgIpc) is 2.90. The van der Waals surface area contributed by atoms with E-state index in [1.165, 1.54) is 18.1 Å². The Kier molecular flexibility index (Phi) is 4.52. The summed E-state index contributed by atoms with van der Waals surface area (Å²) >= 11 is 0. The standard InChI is InChI=1S/C24H30O4/c1-14-11-20-18-6-5-16-12-17(26)7-9-23(16,3)19(18)8-10-24(20,4)22(14)21(27)13-28-15(2)25/h7-9,12,14,18,20,22H,5-6,10-11,13H2,1-4H3/t14-,18?,20?,22-,23?,24?/m1/s1. The zero-order chi connectivity index (χ0) is 20.3. The van der Waals surface area contributed by atoms with Gasteiger partial charge in [0.1, 0.15) is 6.61 Å². The maximum absolute atomic E-state index is 13.0. The molecule has 0 N–H and O–H groups in total. The number of allylic oxidation sites excluding steroid dienone is 6. The number of esters is 1. The lowest BCUT2D eigenvalue weighted by atomic mass is 9.52. The van der Waals surface area contributed by atoms with Gasteiger partial charge in [-0.25, -0.2) is 0 Å². The highest BCUT2D eigenvalue weighted by Gasteiger charge is 2.59. The molecule has 0 spiro atoms. The van der Waals surface area contributed by atoms with E-state index < -0.39 is 5.97 Å². The van der Waals surface area contributed by atoms with Gasteiger partial charge in [0.05, 0.1) is 0 Å². The van der Waals surface area contributed by atoms with Crippen LogP contribution >= 0.6 is 0 Å². The summed E-state index contributed by atoms with van der Waals surface area (Å²) in [5.41, 5.74) is 2.44. The van der Waals surface area contributed by atoms with Gasteiger partial charge in [-0.05, 0) is 67.9 Å². The molecule has 0 aromatic rings. The SMILES string of the molecule is CC(=O)OCC(=O)[C@H]1[C@H](C)CC2C3CCC4=CC(=O)C=CC4(C)C3=CCC21C. The lowest BCUT2D eigenvalue weighted by molar-refractivity contribution is -0.148. The van der Waals surface area contributed by atoms with Crippen LogP contribution in [0.3, 0.4) is 0 Å². The molecule has 0 saturated heterocycles. The number of ketones is 2. The van der Waals surface area contributed by atoms with Crippen molar-refractivity contribution in [3.8, 4) is 0 Å². The summed E-state index contributed by atoms with van der Waals surface area (Å²) in [4.78, 5) is 36.0. The van der Waals surface area contributed by atoms with Gasteiger partial charge in [-0.3, -0.25) is 14.4 Å². The van der Waals surface area contributed by atoms with Crippen molar-refractivity contribution in [3.63, 3.8) is 0 Å². The molecule has 0 heterocycles. The summed E-state index contributed by atoms with van der Waals surface area (Å²) in [6, 6.07) is 0. The quantitative estimate of drug-likeness (QED) is 0.542. The van der Waals surface area contributed by atoms with Gasteiger partial charge in [-0.1, -0.05) is 37.1 Å². The molecule has 4 heteroatoms. The second kappa shape index (κ2) is 6.53. The Labute approximate surface area is 167 Å². The lowest BCUT2D eigenvalue weighted by Gasteiger charge is -2.52. The fourth-order valence-electron chi connectivity index (χ4n) is 6.84. The number of rotatable bonds is 3. The first-order valence-corrected chi connectivity index (χ1v) is 10.5. The van der Waals surface area contributed by atoms with Crippen LogP contribution in [0.1, 0.15) is 53.4 Å². The van der Waals surface area contributed by atoms with Crippen molar-refractivity contribution in [1.82, 2.24) is 0 Å². The van der Waals surface area contributed by atoms with Crippen LogP contribution in [0.5, 0.6) is 0 Å². The van der Waals surface area contributed by atoms with E-state index in [1.54, 1.807) is 6.08 Å². The summed E-state index contributed by atoms with van der Waals surface area (Å²) < 4.78 is 5.04. The van der Waals surface area contributed by atoms with E-state index in [0.717, 1.165) is 25.7 Å². The molecular weight excluding hydrogens is 352 g/mol. The number of carbonyl (C=O) groups excluding carboxylic acids is 3. The minimum atomic E-state index is -0.398. The minimum Gasteiger partial charge on any atom is -0.458 e. The van der Waals surface area contributed by atoms with E-state index in [9.17, 15) is 14.4 Å². The summed E-state index contributed by atoms with van der Waals surface area (Å²) in [5, 5.41) is 0. The largest absolute Gasteiger partial charge is 0.458 e. The zero-order valence-corrected chi connectivity index (χ0v) is 17.3. The number of Topliss-reactive ketones (excluding diaryl/α,β-unsaturated/α-hetero) is 1. The highest BCUT2D eigenvalue weighted by atomic mass is 16.5. The van der Waals surface area contributed by atoms with E-state index in [1.807, 2.05) is 6.08 Å². The topological polar surface area (TPSA) is 60.4 Å². The Morgan fingerprint density at radius 1 is 1.29 bits per heavy atom. The minimum absolute atomic E-state index is 0.0651. The molecule has 6 atom stereocenters. The average molecular weight is 383 g/mol. The Balaban J connectivity index is 1.66. The van der Waals surface area contributed by atoms with E-state index in [-0.39, 0.29) is 34.9 Å². The van der Waals surface area contributed by atoms with E-state index >= 15 is 0 Å². The maximum Gasteiger partial charge on any atom is 0.303 e. The van der Waals surface area contributed by atoms with Crippen molar-refractivity contribution < 1.29 is 19.1 Å². The van der Waals surface area contributed by atoms with Crippen LogP contribution in [0.25, 0.3) is 0 Å². The van der Waals surface area contributed by atoms with E-state index in [0.29, 0.717) is 17.8 Å². The van der Waals surface area contributed by atoms with Gasteiger partial charge in [0.2, 0.25) is 0 Å². The van der Waals surface area contributed by atoms with Gasteiger partial charge in [-0.2, -0.15) is 0 Å². The number of ether oxygens (including phenoxy) is 1. The van der Waals surface area contributed by atoms with E-state index in [2.05, 4.69) is 32.9 Å². The van der Waals surface area contributed by atoms with E-state index in [4.69, 9.17) is 4.74 Å². The molecule has 2 saturated carbocycles. The predicted octanol–water partition coefficient (Wildman–Crippen LogP) is 4.21. The second-order valence-electron chi connectivity index (χ2n) is 9.67. The van der Waals surface area contributed by atoms with Crippen LogP contribution in [0, 0.1) is 34.5 Å². The molecule has 150 valence electrons. The Hall–Kier alpha value is -1.97. The summed E-state index contributed by atoms with van der Waals surface area (Å²) in [6.45, 7) is 7.92. The smallest absolute Gasteiger partial charge is 0.303 e. The van der Waals surface area contributed by atoms with Crippen LogP contribution in [0.2, 0.25) is 0 Å². The van der Waals surface area contributed by atoms with Crippen molar-refractivity contribution in [2.45, 2.75) is 53.4 Å². The Morgan fingerprint density at radius 2 is 2.04 bits per heavy atom. The third-order valence-electron chi connectivity index (χ3n) is 8.05. The summed E-state index contributed by atoms with van der Waals surface area (Å²) in [7, 11) is 0. The van der Waals surface area contributed by atoms with Crippen molar-refractivity contribution in [2.75, 3.05) is 6.61 Å². The summed E-state index contributed by atoms with van der Waals surface area (Å²) in [6.07, 6.45) is 11.9. The van der Waals surface area contributed by atoms with Crippen LogP contribution in [-0.4, -0.2) is 24.1 Å². The summed E-state index contributed by atoms with van der Waals surface area (Å²) in [5.74, 6) is 0.894. The first kappa shape index (κ1) is 19.4. The molecule has 4 rings (SSSR count). The second-order valence-corrected chi connectivity index (χ2v) is 9.67. The number of fused-ring (bicyclic) bond motifs is 5. The molecular formula is C24H30O4. The van der Waals surface area contributed by atoms with Gasteiger partial charge in [0, 0.05) is 18.3 Å². The van der Waals surface area contributed by atoms with Crippen LogP contribution < -0.4 is 0 Å². The van der Waals surface area contributed by atoms with Crippen LogP contribution in [0.15, 0.2) is 35.5 Å². The van der Waals surface area contributed by atoms with Crippen LogP contribution in [-0.2, 0) is 19.1 Å². The fraction of sp³-hybridized carbons (Fsp3) is 0.625. The Bertz CT molecular complexity index is 832. The first-order chi connectivity index (χ1) is 13.2. The van der Waals surface area contributed by atoms with Gasteiger partial charge < -0.3 is 4.74 Å². The molecule has 0 amide bonds. The van der Waals surface area contributed by atoms with Gasteiger partial charge in [-0.15, -0.1) is 0 Å². The highest BCUT2D eigenvalue weighted by Crippen LogP contribution is 2.65. The molecule has 4 aliphatic rings. The van der Waals surface area contributed by atoms with Gasteiger partial charge in [0.15, 0.2) is 11.6 Å². The molecule has 28 heavy (non-hydrogen) atoms. The molecule has 4 nitrogen and oxygen atoms in total. The highest BCUT2D eigenvalue weighted by molar-refractivity contribution is 6.01. The van der Waals surface area contributed by atoms with Crippen molar-refractivity contribution in [1.29, 1.82) is 0 Å². The predicted molar refractivity (Wildman–Crippen MR) is 106 cm³/mol. The monoisotopic (exact) mass is 382 g/mol. The third-order valence-corrected chi connectivity index (χ3v) is 8.05. The molecule has 0 radical (unpaired) electrons. The third kappa shape index (κ3) is 2.75. The maximum atomic E-state index is 13.0. The molecule has 4 unspecified atom stereocenters. The number of hydrogen-bond acceptors (Lipinski definition) is 4. The van der Waals surface area contributed by atoms with Gasteiger partial charge in [0.25, 0.3) is 0 Å². The zero-order valence-electron chi connectivity index (χ0n) is 17.3. The van der Waals surface area contributed by atoms with Gasteiger partial charge >= 0.3 is 5.97 Å².